The van der Waals surface area contributed by atoms with E-state index in [1.54, 1.807) is 26.4 Å². The number of para-hydroxylation sites is 1. The van der Waals surface area contributed by atoms with Crippen LogP contribution in [-0.4, -0.2) is 44.6 Å². The van der Waals surface area contributed by atoms with E-state index >= 15 is 0 Å². The van der Waals surface area contributed by atoms with Crippen LogP contribution in [0.1, 0.15) is 13.8 Å². The summed E-state index contributed by atoms with van der Waals surface area (Å²) in [5.74, 6) is 1.72. The summed E-state index contributed by atoms with van der Waals surface area (Å²) in [5.41, 5.74) is 0. The molecule has 108 valence electrons. The fraction of sp³-hybridized carbons (Fsp3) is 0.571. The summed E-state index contributed by atoms with van der Waals surface area (Å²) in [6.07, 6.45) is -0.531. The van der Waals surface area contributed by atoms with Crippen molar-refractivity contribution >= 4 is 0 Å². The molecule has 0 saturated heterocycles. The number of benzene rings is 1. The van der Waals surface area contributed by atoms with Gasteiger partial charge in [0.2, 0.25) is 5.75 Å². The first kappa shape index (κ1) is 15.6. The van der Waals surface area contributed by atoms with Crippen LogP contribution in [0, 0.1) is 0 Å². The summed E-state index contributed by atoms with van der Waals surface area (Å²) < 4.78 is 16.1. The van der Waals surface area contributed by atoms with Crippen molar-refractivity contribution in [1.82, 2.24) is 0 Å². The fourth-order valence-electron chi connectivity index (χ4n) is 1.64. The Bertz CT molecular complexity index is 359. The molecule has 0 aliphatic carbocycles. The molecule has 5 heteroatoms. The van der Waals surface area contributed by atoms with Gasteiger partial charge >= 0.3 is 0 Å². The molecule has 0 aromatic heterocycles. The highest BCUT2D eigenvalue weighted by Gasteiger charge is 2.14. The number of aliphatic hydroxyl groups is 1. The van der Waals surface area contributed by atoms with Gasteiger partial charge in [-0.2, -0.15) is 0 Å². The van der Waals surface area contributed by atoms with E-state index in [1.807, 2.05) is 6.07 Å². The number of hydrogen-bond acceptors (Lipinski definition) is 4. The smallest absolute Gasteiger partial charge is 0.203 e. The molecule has 0 radical (unpaired) electrons. The Balaban J connectivity index is 2.61. The third kappa shape index (κ3) is 4.96. The van der Waals surface area contributed by atoms with E-state index < -0.39 is 6.10 Å². The predicted octanol–water partition coefficient (Wildman–Crippen LogP) is 0.415. The van der Waals surface area contributed by atoms with Gasteiger partial charge < -0.3 is 24.6 Å². The summed E-state index contributed by atoms with van der Waals surface area (Å²) in [5, 5.41) is 11.9. The zero-order valence-electron chi connectivity index (χ0n) is 12.1. The Morgan fingerprint density at radius 3 is 2.21 bits per heavy atom. The van der Waals surface area contributed by atoms with Crippen molar-refractivity contribution in [3.8, 4) is 17.2 Å². The van der Waals surface area contributed by atoms with Crippen LogP contribution >= 0.6 is 0 Å². The molecule has 0 amide bonds. The molecule has 1 atom stereocenters. The third-order valence-corrected chi connectivity index (χ3v) is 2.68. The Morgan fingerprint density at radius 2 is 1.74 bits per heavy atom. The van der Waals surface area contributed by atoms with Crippen LogP contribution < -0.4 is 19.5 Å². The topological polar surface area (TPSA) is 64.5 Å². The lowest BCUT2D eigenvalue weighted by molar-refractivity contribution is -0.688. The largest absolute Gasteiger partial charge is 0.493 e. The molecule has 0 bridgehead atoms. The van der Waals surface area contributed by atoms with Crippen molar-refractivity contribution in [3.05, 3.63) is 18.2 Å². The Hall–Kier alpha value is -1.46. The molecule has 0 aliphatic rings. The highest BCUT2D eigenvalue weighted by Crippen LogP contribution is 2.36. The lowest BCUT2D eigenvalue weighted by Crippen LogP contribution is -2.90. The van der Waals surface area contributed by atoms with Crippen LogP contribution in [0.25, 0.3) is 0 Å². The van der Waals surface area contributed by atoms with E-state index in [-0.39, 0.29) is 6.61 Å². The van der Waals surface area contributed by atoms with E-state index in [1.165, 1.54) is 0 Å². The SMILES string of the molecule is COc1cccc(OC)c1OC[C@H](O)C[NH2+]C(C)C. The maximum atomic E-state index is 9.85. The molecule has 3 N–H and O–H groups in total. The number of nitrogens with two attached hydrogens (primary N) is 1. The van der Waals surface area contributed by atoms with Gasteiger partial charge in [0.25, 0.3) is 0 Å². The monoisotopic (exact) mass is 270 g/mol. The van der Waals surface area contributed by atoms with E-state index in [9.17, 15) is 5.11 Å². The Morgan fingerprint density at radius 1 is 1.16 bits per heavy atom. The van der Waals surface area contributed by atoms with Gasteiger partial charge in [-0.25, -0.2) is 0 Å². The molecular weight excluding hydrogens is 246 g/mol. The summed E-state index contributed by atoms with van der Waals surface area (Å²) in [7, 11) is 3.15. The quantitative estimate of drug-likeness (QED) is 0.718. The predicted molar refractivity (Wildman–Crippen MR) is 73.0 cm³/mol. The maximum Gasteiger partial charge on any atom is 0.203 e. The van der Waals surface area contributed by atoms with Crippen molar-refractivity contribution in [3.63, 3.8) is 0 Å². The van der Waals surface area contributed by atoms with Crippen molar-refractivity contribution in [2.75, 3.05) is 27.4 Å². The van der Waals surface area contributed by atoms with Gasteiger partial charge in [-0.1, -0.05) is 6.07 Å². The molecule has 0 spiro atoms. The first-order valence-electron chi connectivity index (χ1n) is 6.43. The molecule has 0 fully saturated rings. The molecule has 0 unspecified atom stereocenters. The molecular formula is C14H24NO4+. The number of methoxy groups -OCH3 is 2. The van der Waals surface area contributed by atoms with Gasteiger partial charge in [0, 0.05) is 0 Å². The molecule has 1 rings (SSSR count). The minimum atomic E-state index is -0.531. The van der Waals surface area contributed by atoms with Gasteiger partial charge in [-0.15, -0.1) is 0 Å². The minimum absolute atomic E-state index is 0.208. The lowest BCUT2D eigenvalue weighted by atomic mass is 10.3. The van der Waals surface area contributed by atoms with Gasteiger partial charge in [-0.3, -0.25) is 0 Å². The first-order valence-corrected chi connectivity index (χ1v) is 6.43. The summed E-state index contributed by atoms with van der Waals surface area (Å²) >= 11 is 0. The lowest BCUT2D eigenvalue weighted by Gasteiger charge is -2.16. The second-order valence-electron chi connectivity index (χ2n) is 4.67. The van der Waals surface area contributed by atoms with Crippen LogP contribution in [-0.2, 0) is 0 Å². The van der Waals surface area contributed by atoms with Crippen molar-refractivity contribution in [2.24, 2.45) is 0 Å². The average molecular weight is 270 g/mol. The number of rotatable bonds is 8. The van der Waals surface area contributed by atoms with Crippen LogP contribution in [0.5, 0.6) is 17.2 Å². The summed E-state index contributed by atoms with van der Waals surface area (Å²) in [4.78, 5) is 0. The second-order valence-corrected chi connectivity index (χ2v) is 4.67. The van der Waals surface area contributed by atoms with E-state index in [0.29, 0.717) is 29.8 Å². The Kier molecular flexibility index (Phi) is 6.45. The first-order chi connectivity index (χ1) is 9.08. The zero-order valence-corrected chi connectivity index (χ0v) is 12.1. The van der Waals surface area contributed by atoms with Gasteiger partial charge in [0.1, 0.15) is 19.3 Å². The van der Waals surface area contributed by atoms with Crippen LogP contribution in [0.3, 0.4) is 0 Å². The van der Waals surface area contributed by atoms with E-state index in [4.69, 9.17) is 14.2 Å². The van der Waals surface area contributed by atoms with Gasteiger partial charge in [0.05, 0.1) is 20.3 Å². The number of quaternary nitrogens is 1. The molecule has 1 aromatic carbocycles. The average Bonchev–Trinajstić information content (AvgIpc) is 2.42. The highest BCUT2D eigenvalue weighted by atomic mass is 16.5. The van der Waals surface area contributed by atoms with E-state index in [2.05, 4.69) is 19.2 Å². The molecule has 0 saturated carbocycles. The van der Waals surface area contributed by atoms with Crippen molar-refractivity contribution < 1.29 is 24.6 Å². The molecule has 19 heavy (non-hydrogen) atoms. The number of hydrogen-bond donors (Lipinski definition) is 2. The minimum Gasteiger partial charge on any atom is -0.493 e. The van der Waals surface area contributed by atoms with E-state index in [0.717, 1.165) is 0 Å². The number of ether oxygens (including phenoxy) is 3. The Labute approximate surface area is 114 Å². The van der Waals surface area contributed by atoms with Crippen molar-refractivity contribution in [1.29, 1.82) is 0 Å². The molecule has 0 heterocycles. The standard InChI is InChI=1S/C14H23NO4/c1-10(2)15-8-11(16)9-19-14-12(17-3)6-5-7-13(14)18-4/h5-7,10-11,15-16H,8-9H2,1-4H3/p+1/t11-/m1/s1. The second kappa shape index (κ2) is 7.86. The molecule has 5 nitrogen and oxygen atoms in total. The normalized spacial score (nSPS) is 12.3. The third-order valence-electron chi connectivity index (χ3n) is 2.68. The fourth-order valence-corrected chi connectivity index (χ4v) is 1.64. The highest BCUT2D eigenvalue weighted by molar-refractivity contribution is 5.51. The number of aliphatic hydroxyl groups excluding tert-OH is 1. The molecule has 0 aliphatic heterocycles. The van der Waals surface area contributed by atoms with Crippen LogP contribution in [0.2, 0.25) is 0 Å². The summed E-state index contributed by atoms with van der Waals surface area (Å²) in [6.45, 7) is 4.97. The maximum absolute atomic E-state index is 9.85. The van der Waals surface area contributed by atoms with Crippen molar-refractivity contribution in [2.45, 2.75) is 26.0 Å². The van der Waals surface area contributed by atoms with Crippen LogP contribution in [0.4, 0.5) is 0 Å². The molecule has 1 aromatic rings. The summed E-state index contributed by atoms with van der Waals surface area (Å²) in [6, 6.07) is 5.87. The van der Waals surface area contributed by atoms with Gasteiger partial charge in [-0.05, 0) is 26.0 Å². The zero-order chi connectivity index (χ0) is 14.3. The van der Waals surface area contributed by atoms with Gasteiger partial charge in [0.15, 0.2) is 11.5 Å². The van der Waals surface area contributed by atoms with Crippen LogP contribution in [0.15, 0.2) is 18.2 Å².